The zero-order valence-electron chi connectivity index (χ0n) is 13.4. The van der Waals surface area contributed by atoms with Crippen LogP contribution in [-0.4, -0.2) is 19.3 Å². The lowest BCUT2D eigenvalue weighted by atomic mass is 10.3. The number of nitrogens with one attached hydrogen (secondary N) is 2. The van der Waals surface area contributed by atoms with Crippen LogP contribution in [0.1, 0.15) is 13.3 Å². The normalized spacial score (nSPS) is 11.5. The van der Waals surface area contributed by atoms with E-state index in [0.29, 0.717) is 23.1 Å². The molecule has 0 bridgehead atoms. The molecule has 136 valence electrons. The minimum Gasteiger partial charge on any atom is -0.302 e. The number of benzene rings is 2. The van der Waals surface area contributed by atoms with E-state index >= 15 is 0 Å². The molecule has 26 heavy (non-hydrogen) atoms. The van der Waals surface area contributed by atoms with Crippen LogP contribution >= 0.6 is 11.3 Å². The number of sulfonamides is 1. The molecule has 1 heterocycles. The third-order valence-corrected chi connectivity index (χ3v) is 5.74. The molecule has 0 saturated heterocycles. The minimum absolute atomic E-state index is 0.139. The molecule has 10 heteroatoms. The van der Waals surface area contributed by atoms with Crippen molar-refractivity contribution in [2.24, 2.45) is 0 Å². The van der Waals surface area contributed by atoms with Crippen molar-refractivity contribution < 1.29 is 22.0 Å². The van der Waals surface area contributed by atoms with Crippen molar-refractivity contribution in [1.82, 2.24) is 4.98 Å². The molecule has 0 radical (unpaired) electrons. The Kier molecular flexibility index (Phi) is 4.88. The molecule has 2 aromatic carbocycles. The quantitative estimate of drug-likeness (QED) is 0.687. The van der Waals surface area contributed by atoms with Crippen molar-refractivity contribution in [1.29, 1.82) is 0 Å². The third kappa shape index (κ3) is 3.81. The summed E-state index contributed by atoms with van der Waals surface area (Å²) in [5, 5.41) is 3.02. The van der Waals surface area contributed by atoms with Crippen LogP contribution in [0.4, 0.5) is 19.6 Å². The van der Waals surface area contributed by atoms with E-state index in [1.165, 1.54) is 23.5 Å². The first-order valence-corrected chi connectivity index (χ1v) is 9.77. The number of carbonyl (C=O) groups excluding carboxylic acids is 1. The van der Waals surface area contributed by atoms with Crippen LogP contribution < -0.4 is 10.0 Å². The standard InChI is InChI=1S/C16H13F2N3O3S2/c1-2-15(22)20-16-19-12-8-10(4-6-13(12)25-16)21-26(23,24)14-7-9(17)3-5-11(14)18/h3-8,21H,2H2,1H3,(H,19,20,22). The number of anilines is 2. The zero-order valence-corrected chi connectivity index (χ0v) is 15.0. The summed E-state index contributed by atoms with van der Waals surface area (Å²) in [6.07, 6.45) is 0.306. The summed E-state index contributed by atoms with van der Waals surface area (Å²) in [6, 6.07) is 6.73. The van der Waals surface area contributed by atoms with Gasteiger partial charge in [0.1, 0.15) is 16.5 Å². The maximum atomic E-state index is 13.7. The summed E-state index contributed by atoms with van der Waals surface area (Å²) in [6.45, 7) is 1.71. The van der Waals surface area contributed by atoms with Crippen molar-refractivity contribution in [3.05, 3.63) is 48.0 Å². The number of rotatable bonds is 5. The lowest BCUT2D eigenvalue weighted by Gasteiger charge is -2.09. The van der Waals surface area contributed by atoms with Gasteiger partial charge in [-0.3, -0.25) is 9.52 Å². The van der Waals surface area contributed by atoms with Crippen molar-refractivity contribution in [3.8, 4) is 0 Å². The molecule has 1 amide bonds. The molecule has 0 spiro atoms. The largest absolute Gasteiger partial charge is 0.302 e. The van der Waals surface area contributed by atoms with Gasteiger partial charge < -0.3 is 5.32 Å². The highest BCUT2D eigenvalue weighted by atomic mass is 32.2. The Morgan fingerprint density at radius 1 is 1.19 bits per heavy atom. The van der Waals surface area contributed by atoms with Crippen molar-refractivity contribution in [2.75, 3.05) is 10.0 Å². The Hall–Kier alpha value is -2.59. The molecule has 0 unspecified atom stereocenters. The van der Waals surface area contributed by atoms with Gasteiger partial charge in [0.25, 0.3) is 10.0 Å². The van der Waals surface area contributed by atoms with Crippen LogP contribution in [0.5, 0.6) is 0 Å². The Labute approximate surface area is 151 Å². The van der Waals surface area contributed by atoms with Crippen LogP contribution in [0.15, 0.2) is 41.3 Å². The van der Waals surface area contributed by atoms with Gasteiger partial charge in [0.05, 0.1) is 15.9 Å². The predicted octanol–water partition coefficient (Wildman–Crippen LogP) is 3.72. The van der Waals surface area contributed by atoms with Gasteiger partial charge in [-0.15, -0.1) is 0 Å². The molecule has 0 saturated carbocycles. The second kappa shape index (κ2) is 6.96. The van der Waals surface area contributed by atoms with Crippen LogP contribution in [0.3, 0.4) is 0 Å². The van der Waals surface area contributed by atoms with Crippen LogP contribution in [0.2, 0.25) is 0 Å². The van der Waals surface area contributed by atoms with Gasteiger partial charge in [-0.05, 0) is 36.4 Å². The fourth-order valence-electron chi connectivity index (χ4n) is 2.15. The van der Waals surface area contributed by atoms with Gasteiger partial charge in [0.15, 0.2) is 5.13 Å². The van der Waals surface area contributed by atoms with E-state index in [1.807, 2.05) is 0 Å². The Morgan fingerprint density at radius 2 is 1.96 bits per heavy atom. The number of hydrogen-bond donors (Lipinski definition) is 2. The summed E-state index contributed by atoms with van der Waals surface area (Å²) in [5.74, 6) is -2.11. The molecule has 0 aliphatic carbocycles. The molecule has 2 N–H and O–H groups in total. The zero-order chi connectivity index (χ0) is 18.9. The van der Waals surface area contributed by atoms with Crippen LogP contribution in [0, 0.1) is 11.6 Å². The van der Waals surface area contributed by atoms with E-state index in [0.717, 1.165) is 16.8 Å². The SMILES string of the molecule is CCC(=O)Nc1nc2cc(NS(=O)(=O)c3cc(F)ccc3F)ccc2s1. The summed E-state index contributed by atoms with van der Waals surface area (Å²) < 4.78 is 54.5. The summed E-state index contributed by atoms with van der Waals surface area (Å²) in [5.41, 5.74) is 0.598. The Bertz CT molecular complexity index is 1100. The molecule has 3 aromatic rings. The minimum atomic E-state index is -4.31. The van der Waals surface area contributed by atoms with Gasteiger partial charge >= 0.3 is 0 Å². The van der Waals surface area contributed by atoms with E-state index in [4.69, 9.17) is 0 Å². The first kappa shape index (κ1) is 18.2. The molecular formula is C16H13F2N3O3S2. The highest BCUT2D eigenvalue weighted by molar-refractivity contribution is 7.92. The number of amides is 1. The third-order valence-electron chi connectivity index (χ3n) is 3.39. The average molecular weight is 397 g/mol. The first-order chi connectivity index (χ1) is 12.3. The average Bonchev–Trinajstić information content (AvgIpc) is 2.97. The molecule has 6 nitrogen and oxygen atoms in total. The fourth-order valence-corrected chi connectivity index (χ4v) is 4.15. The fraction of sp³-hybridized carbons (Fsp3) is 0.125. The van der Waals surface area contributed by atoms with Crippen molar-refractivity contribution in [3.63, 3.8) is 0 Å². The van der Waals surface area contributed by atoms with Gasteiger partial charge in [0.2, 0.25) is 5.91 Å². The van der Waals surface area contributed by atoms with E-state index in [1.54, 1.807) is 13.0 Å². The number of aromatic nitrogens is 1. The summed E-state index contributed by atoms with van der Waals surface area (Å²) >= 11 is 1.24. The lowest BCUT2D eigenvalue weighted by molar-refractivity contribution is -0.115. The predicted molar refractivity (Wildman–Crippen MR) is 95.7 cm³/mol. The lowest BCUT2D eigenvalue weighted by Crippen LogP contribution is -2.14. The number of hydrogen-bond acceptors (Lipinski definition) is 5. The topological polar surface area (TPSA) is 88.2 Å². The molecule has 1 aromatic heterocycles. The number of halogens is 2. The Morgan fingerprint density at radius 3 is 2.69 bits per heavy atom. The molecule has 0 aliphatic heterocycles. The first-order valence-electron chi connectivity index (χ1n) is 7.47. The van der Waals surface area contributed by atoms with Crippen molar-refractivity contribution in [2.45, 2.75) is 18.2 Å². The maximum Gasteiger partial charge on any atom is 0.264 e. The smallest absolute Gasteiger partial charge is 0.264 e. The summed E-state index contributed by atoms with van der Waals surface area (Å²) in [4.78, 5) is 14.9. The Balaban J connectivity index is 1.90. The molecule has 0 aliphatic rings. The number of carbonyl (C=O) groups is 1. The molecule has 3 rings (SSSR count). The van der Waals surface area contributed by atoms with E-state index in [-0.39, 0.29) is 11.6 Å². The van der Waals surface area contributed by atoms with Gasteiger partial charge in [-0.2, -0.15) is 0 Å². The highest BCUT2D eigenvalue weighted by Crippen LogP contribution is 2.29. The molecule has 0 atom stereocenters. The number of nitrogens with zero attached hydrogens (tertiary/aromatic N) is 1. The molecular weight excluding hydrogens is 384 g/mol. The second-order valence-electron chi connectivity index (χ2n) is 5.28. The van der Waals surface area contributed by atoms with Crippen LogP contribution in [-0.2, 0) is 14.8 Å². The number of fused-ring (bicyclic) bond motifs is 1. The van der Waals surface area contributed by atoms with E-state index < -0.39 is 26.6 Å². The van der Waals surface area contributed by atoms with Crippen molar-refractivity contribution >= 4 is 48.3 Å². The van der Waals surface area contributed by atoms with Gasteiger partial charge in [-0.1, -0.05) is 18.3 Å². The highest BCUT2D eigenvalue weighted by Gasteiger charge is 2.20. The van der Waals surface area contributed by atoms with E-state index in [9.17, 15) is 22.0 Å². The second-order valence-corrected chi connectivity index (χ2v) is 7.96. The number of thiazole rings is 1. The van der Waals surface area contributed by atoms with E-state index in [2.05, 4.69) is 15.0 Å². The van der Waals surface area contributed by atoms with Crippen LogP contribution in [0.25, 0.3) is 10.2 Å². The molecule has 0 fully saturated rings. The monoisotopic (exact) mass is 397 g/mol. The van der Waals surface area contributed by atoms with Gasteiger partial charge in [0, 0.05) is 6.42 Å². The van der Waals surface area contributed by atoms with Gasteiger partial charge in [-0.25, -0.2) is 22.2 Å². The summed E-state index contributed by atoms with van der Waals surface area (Å²) in [7, 11) is -4.31. The maximum absolute atomic E-state index is 13.7.